The average Bonchev–Trinajstić information content (AvgIpc) is 3.21. The Bertz CT molecular complexity index is 1100. The summed E-state index contributed by atoms with van der Waals surface area (Å²) in [5.74, 6) is 0.377. The van der Waals surface area contributed by atoms with E-state index >= 15 is 0 Å². The van der Waals surface area contributed by atoms with Crippen LogP contribution in [-0.4, -0.2) is 24.3 Å². The summed E-state index contributed by atoms with van der Waals surface area (Å²) in [6.07, 6.45) is 0.0999. The fourth-order valence-corrected chi connectivity index (χ4v) is 4.38. The average molecular weight is 419 g/mol. The van der Waals surface area contributed by atoms with Gasteiger partial charge in [-0.2, -0.15) is 0 Å². The molecule has 5 heteroatoms. The summed E-state index contributed by atoms with van der Waals surface area (Å²) in [4.78, 5) is 12.8. The number of fused-ring (bicyclic) bond motifs is 1. The van der Waals surface area contributed by atoms with E-state index < -0.39 is 12.1 Å². The Balaban J connectivity index is 1.42. The maximum Gasteiger partial charge on any atom is 0.344 e. The van der Waals surface area contributed by atoms with Crippen LogP contribution in [0, 0.1) is 0 Å². The highest BCUT2D eigenvalue weighted by Crippen LogP contribution is 2.34. The topological polar surface area (TPSA) is 55.8 Å². The molecular formula is C25H22O4S. The van der Waals surface area contributed by atoms with Crippen molar-refractivity contribution in [2.24, 2.45) is 0 Å². The lowest BCUT2D eigenvalue weighted by Gasteiger charge is -2.15. The van der Waals surface area contributed by atoms with Crippen LogP contribution in [0.2, 0.25) is 0 Å². The minimum Gasteiger partial charge on any atom is -0.497 e. The zero-order valence-electron chi connectivity index (χ0n) is 16.6. The number of ether oxygens (including phenoxy) is 2. The molecule has 1 N–H and O–H groups in total. The lowest BCUT2D eigenvalue weighted by Crippen LogP contribution is -2.27. The number of rotatable bonds is 8. The predicted octanol–water partition coefficient (Wildman–Crippen LogP) is 6.04. The van der Waals surface area contributed by atoms with Crippen molar-refractivity contribution in [2.45, 2.75) is 18.9 Å². The van der Waals surface area contributed by atoms with E-state index in [9.17, 15) is 9.90 Å². The number of aliphatic carboxylic acids is 1. The Morgan fingerprint density at radius 3 is 2.33 bits per heavy atom. The quantitative estimate of drug-likeness (QED) is 0.379. The highest BCUT2D eigenvalue weighted by atomic mass is 32.1. The number of methoxy groups -OCH3 is 1. The number of carboxylic acids is 1. The van der Waals surface area contributed by atoms with Gasteiger partial charge in [-0.1, -0.05) is 30.3 Å². The maximum atomic E-state index is 11.7. The van der Waals surface area contributed by atoms with Crippen LogP contribution in [0.15, 0.2) is 78.9 Å². The lowest BCUT2D eigenvalue weighted by molar-refractivity contribution is -0.145. The SMILES string of the molecule is COc1ccc(CCC(Oc2ccc(-c3cc4ccccc4s3)cc2)C(=O)O)cc1. The van der Waals surface area contributed by atoms with Gasteiger partial charge in [-0.25, -0.2) is 4.79 Å². The molecule has 0 aliphatic heterocycles. The molecule has 0 amide bonds. The Kier molecular flexibility index (Phi) is 6.00. The molecule has 3 aromatic carbocycles. The largest absolute Gasteiger partial charge is 0.497 e. The zero-order valence-corrected chi connectivity index (χ0v) is 17.4. The molecule has 1 atom stereocenters. The molecular weight excluding hydrogens is 396 g/mol. The van der Waals surface area contributed by atoms with Gasteiger partial charge in [-0.3, -0.25) is 0 Å². The summed E-state index contributed by atoms with van der Waals surface area (Å²) >= 11 is 1.74. The van der Waals surface area contributed by atoms with Crippen molar-refractivity contribution in [1.82, 2.24) is 0 Å². The van der Waals surface area contributed by atoms with Gasteiger partial charge in [-0.15, -0.1) is 11.3 Å². The molecule has 4 rings (SSSR count). The van der Waals surface area contributed by atoms with E-state index in [1.54, 1.807) is 18.4 Å². The predicted molar refractivity (Wildman–Crippen MR) is 121 cm³/mol. The molecule has 0 fully saturated rings. The van der Waals surface area contributed by atoms with Gasteiger partial charge in [-0.05, 0) is 77.9 Å². The molecule has 4 aromatic rings. The molecule has 0 aliphatic rings. The van der Waals surface area contributed by atoms with Crippen molar-refractivity contribution < 1.29 is 19.4 Å². The van der Waals surface area contributed by atoms with Gasteiger partial charge in [0.1, 0.15) is 11.5 Å². The molecule has 4 nitrogen and oxygen atoms in total. The first kappa shape index (κ1) is 20.0. The number of thiophene rings is 1. The molecule has 1 heterocycles. The Morgan fingerprint density at radius 1 is 0.967 bits per heavy atom. The van der Waals surface area contributed by atoms with Crippen LogP contribution in [-0.2, 0) is 11.2 Å². The number of hydrogen-bond donors (Lipinski definition) is 1. The third kappa shape index (κ3) is 4.63. The maximum absolute atomic E-state index is 11.7. The van der Waals surface area contributed by atoms with Crippen LogP contribution in [0.4, 0.5) is 0 Å². The zero-order chi connectivity index (χ0) is 20.9. The Labute approximate surface area is 179 Å². The van der Waals surface area contributed by atoms with Gasteiger partial charge in [0.2, 0.25) is 0 Å². The van der Waals surface area contributed by atoms with E-state index in [-0.39, 0.29) is 0 Å². The summed E-state index contributed by atoms with van der Waals surface area (Å²) in [6.45, 7) is 0. The molecule has 0 saturated carbocycles. The van der Waals surface area contributed by atoms with E-state index in [1.165, 1.54) is 15.0 Å². The summed E-state index contributed by atoms with van der Waals surface area (Å²) in [5.41, 5.74) is 2.14. The molecule has 0 bridgehead atoms. The van der Waals surface area contributed by atoms with Crippen LogP contribution in [0.5, 0.6) is 11.5 Å². The highest BCUT2D eigenvalue weighted by molar-refractivity contribution is 7.22. The van der Waals surface area contributed by atoms with Gasteiger partial charge in [0.15, 0.2) is 6.10 Å². The van der Waals surface area contributed by atoms with Crippen LogP contribution in [0.25, 0.3) is 20.5 Å². The van der Waals surface area contributed by atoms with Gasteiger partial charge in [0, 0.05) is 9.58 Å². The minimum absolute atomic E-state index is 0.389. The van der Waals surface area contributed by atoms with E-state index in [1.807, 2.05) is 60.7 Å². The first-order valence-electron chi connectivity index (χ1n) is 9.74. The summed E-state index contributed by atoms with van der Waals surface area (Å²) in [6, 6.07) is 25.7. The van der Waals surface area contributed by atoms with E-state index in [0.717, 1.165) is 16.9 Å². The van der Waals surface area contributed by atoms with Crippen molar-refractivity contribution in [3.05, 3.63) is 84.4 Å². The molecule has 0 aliphatic carbocycles. The third-order valence-electron chi connectivity index (χ3n) is 4.97. The van der Waals surface area contributed by atoms with Crippen molar-refractivity contribution >= 4 is 27.4 Å². The fraction of sp³-hybridized carbons (Fsp3) is 0.160. The fourth-order valence-electron chi connectivity index (χ4n) is 3.31. The van der Waals surface area contributed by atoms with E-state index in [2.05, 4.69) is 18.2 Å². The minimum atomic E-state index is -0.961. The van der Waals surface area contributed by atoms with Gasteiger partial charge in [0.25, 0.3) is 0 Å². The Morgan fingerprint density at radius 2 is 1.67 bits per heavy atom. The molecule has 152 valence electrons. The molecule has 30 heavy (non-hydrogen) atoms. The first-order chi connectivity index (χ1) is 14.6. The van der Waals surface area contributed by atoms with Crippen LogP contribution in [0.3, 0.4) is 0 Å². The van der Waals surface area contributed by atoms with Crippen molar-refractivity contribution in [3.8, 4) is 21.9 Å². The number of carboxylic acid groups (broad SMARTS) is 1. The Hall–Kier alpha value is -3.31. The van der Waals surface area contributed by atoms with Crippen molar-refractivity contribution in [1.29, 1.82) is 0 Å². The molecule has 0 radical (unpaired) electrons. The first-order valence-corrected chi connectivity index (χ1v) is 10.6. The van der Waals surface area contributed by atoms with Crippen LogP contribution in [0.1, 0.15) is 12.0 Å². The second-order valence-corrected chi connectivity index (χ2v) is 8.09. The number of hydrogen-bond acceptors (Lipinski definition) is 4. The highest BCUT2D eigenvalue weighted by Gasteiger charge is 2.19. The summed E-state index contributed by atoms with van der Waals surface area (Å²) < 4.78 is 12.2. The van der Waals surface area contributed by atoms with Gasteiger partial charge in [0.05, 0.1) is 7.11 Å². The van der Waals surface area contributed by atoms with Crippen molar-refractivity contribution in [3.63, 3.8) is 0 Å². The standard InChI is InChI=1S/C25H22O4S/c1-28-20-11-6-17(7-12-20)8-15-22(25(26)27)29-21-13-9-18(10-14-21)24-16-19-4-2-3-5-23(19)30-24/h2-7,9-14,16,22H,8,15H2,1H3,(H,26,27). The number of aryl methyl sites for hydroxylation is 1. The molecule has 1 aromatic heterocycles. The summed E-state index contributed by atoms with van der Waals surface area (Å²) in [7, 11) is 1.62. The van der Waals surface area contributed by atoms with Crippen LogP contribution >= 0.6 is 11.3 Å². The summed E-state index contributed by atoms with van der Waals surface area (Å²) in [5, 5.41) is 10.8. The number of carbonyl (C=O) groups is 1. The van der Waals surface area contributed by atoms with E-state index in [0.29, 0.717) is 18.6 Å². The number of benzene rings is 3. The van der Waals surface area contributed by atoms with Gasteiger partial charge >= 0.3 is 5.97 Å². The van der Waals surface area contributed by atoms with Crippen molar-refractivity contribution in [2.75, 3.05) is 7.11 Å². The molecule has 0 spiro atoms. The second kappa shape index (κ2) is 9.01. The normalized spacial score (nSPS) is 11.9. The van der Waals surface area contributed by atoms with E-state index in [4.69, 9.17) is 9.47 Å². The third-order valence-corrected chi connectivity index (χ3v) is 6.14. The molecule has 1 unspecified atom stereocenters. The lowest BCUT2D eigenvalue weighted by atomic mass is 10.1. The second-order valence-electron chi connectivity index (χ2n) is 7.00. The monoisotopic (exact) mass is 418 g/mol. The smallest absolute Gasteiger partial charge is 0.344 e. The molecule has 0 saturated heterocycles. The van der Waals surface area contributed by atoms with Crippen LogP contribution < -0.4 is 9.47 Å². The van der Waals surface area contributed by atoms with Gasteiger partial charge < -0.3 is 14.6 Å².